The van der Waals surface area contributed by atoms with Crippen molar-refractivity contribution in [2.75, 3.05) is 11.5 Å². The molecule has 158 valence electrons. The van der Waals surface area contributed by atoms with E-state index in [-0.39, 0.29) is 0 Å². The van der Waals surface area contributed by atoms with E-state index >= 15 is 0 Å². The number of benzene rings is 3. The Balaban J connectivity index is 2.42. The third kappa shape index (κ3) is 3.96. The molecule has 0 aliphatic rings. The number of hydrogen-bond acceptors (Lipinski definition) is 2. The highest BCUT2D eigenvalue weighted by molar-refractivity contribution is 5.83. The van der Waals surface area contributed by atoms with Crippen LogP contribution in [0.25, 0.3) is 22.3 Å². The maximum Gasteiger partial charge on any atom is 0.0373 e. The van der Waals surface area contributed by atoms with Crippen LogP contribution in [0.15, 0.2) is 36.4 Å². The fraction of sp³-hybridized carbons (Fsp3) is 0.357. The van der Waals surface area contributed by atoms with Gasteiger partial charge in [0.05, 0.1) is 0 Å². The molecule has 0 fully saturated rings. The zero-order chi connectivity index (χ0) is 22.3. The molecule has 30 heavy (non-hydrogen) atoms. The molecule has 0 aromatic heterocycles. The van der Waals surface area contributed by atoms with Crippen LogP contribution in [0.3, 0.4) is 0 Å². The first-order valence-corrected chi connectivity index (χ1v) is 10.9. The van der Waals surface area contributed by atoms with E-state index in [4.69, 9.17) is 11.5 Å². The van der Waals surface area contributed by atoms with E-state index in [9.17, 15) is 0 Å². The monoisotopic (exact) mass is 400 g/mol. The van der Waals surface area contributed by atoms with E-state index in [1.54, 1.807) is 0 Å². The first-order chi connectivity index (χ1) is 14.0. The number of hydrogen-bond donors (Lipinski definition) is 2. The van der Waals surface area contributed by atoms with Crippen molar-refractivity contribution in [2.24, 2.45) is 0 Å². The van der Waals surface area contributed by atoms with E-state index in [2.05, 4.69) is 91.8 Å². The van der Waals surface area contributed by atoms with Gasteiger partial charge in [0.25, 0.3) is 0 Å². The summed E-state index contributed by atoms with van der Waals surface area (Å²) < 4.78 is 0. The molecule has 2 heteroatoms. The van der Waals surface area contributed by atoms with E-state index in [1.807, 2.05) is 0 Å². The molecule has 3 aromatic rings. The van der Waals surface area contributed by atoms with Gasteiger partial charge in [-0.2, -0.15) is 0 Å². The molecule has 0 bridgehead atoms. The second-order valence-corrected chi connectivity index (χ2v) is 9.39. The number of nitrogen functional groups attached to an aromatic ring is 2. The molecule has 0 aliphatic heterocycles. The quantitative estimate of drug-likeness (QED) is 0.441. The third-order valence-corrected chi connectivity index (χ3v) is 6.26. The van der Waals surface area contributed by atoms with Gasteiger partial charge in [0.1, 0.15) is 0 Å². The van der Waals surface area contributed by atoms with E-state index in [0.29, 0.717) is 11.8 Å². The van der Waals surface area contributed by atoms with Gasteiger partial charge in [-0.1, -0.05) is 39.8 Å². The van der Waals surface area contributed by atoms with Gasteiger partial charge in [0, 0.05) is 11.4 Å². The topological polar surface area (TPSA) is 52.0 Å². The smallest absolute Gasteiger partial charge is 0.0373 e. The molecule has 0 unspecified atom stereocenters. The largest absolute Gasteiger partial charge is 0.398 e. The molecule has 0 spiro atoms. The molecule has 0 heterocycles. The molecule has 2 nitrogen and oxygen atoms in total. The van der Waals surface area contributed by atoms with Crippen LogP contribution in [-0.2, 0) is 0 Å². The summed E-state index contributed by atoms with van der Waals surface area (Å²) in [5.74, 6) is 0.822. The van der Waals surface area contributed by atoms with Gasteiger partial charge < -0.3 is 11.5 Å². The Kier molecular flexibility index (Phi) is 5.99. The summed E-state index contributed by atoms with van der Waals surface area (Å²) in [6.45, 7) is 17.5. The summed E-state index contributed by atoms with van der Waals surface area (Å²) in [6.07, 6.45) is 0. The van der Waals surface area contributed by atoms with E-state index in [0.717, 1.165) is 33.6 Å². The minimum absolute atomic E-state index is 0.382. The first-order valence-electron chi connectivity index (χ1n) is 10.9. The summed E-state index contributed by atoms with van der Waals surface area (Å²) >= 11 is 0. The van der Waals surface area contributed by atoms with E-state index < -0.39 is 0 Å². The second kappa shape index (κ2) is 8.18. The van der Waals surface area contributed by atoms with Crippen LogP contribution in [0.5, 0.6) is 0 Å². The van der Waals surface area contributed by atoms with Crippen LogP contribution in [0, 0.1) is 27.7 Å². The standard InChI is InChI=1S/C28H36N2/c1-15(2)21-13-24(22-9-17(5)27(29)18(6)10-22)26(16(3)4)25(14-21)23-11-19(7)28(30)20(8)12-23/h9-16H,29-30H2,1-8H3. The van der Waals surface area contributed by atoms with Crippen LogP contribution < -0.4 is 11.5 Å². The zero-order valence-electron chi connectivity index (χ0n) is 19.8. The molecule has 3 rings (SSSR count). The lowest BCUT2D eigenvalue weighted by Gasteiger charge is -2.23. The fourth-order valence-corrected chi connectivity index (χ4v) is 4.37. The fourth-order valence-electron chi connectivity index (χ4n) is 4.37. The zero-order valence-corrected chi connectivity index (χ0v) is 19.8. The Morgan fingerprint density at radius 2 is 0.867 bits per heavy atom. The Bertz CT molecular complexity index is 979. The van der Waals surface area contributed by atoms with Crippen molar-refractivity contribution in [3.8, 4) is 22.3 Å². The second-order valence-electron chi connectivity index (χ2n) is 9.39. The predicted molar refractivity (Wildman–Crippen MR) is 133 cm³/mol. The average Bonchev–Trinajstić information content (AvgIpc) is 2.68. The highest BCUT2D eigenvalue weighted by Gasteiger charge is 2.19. The minimum atomic E-state index is 0.382. The van der Waals surface area contributed by atoms with Crippen LogP contribution >= 0.6 is 0 Å². The molecule has 3 aromatic carbocycles. The number of nitrogens with two attached hydrogens (primary N) is 2. The molecule has 0 saturated heterocycles. The molecule has 0 atom stereocenters. The predicted octanol–water partition coefficient (Wildman–Crippen LogP) is 7.67. The van der Waals surface area contributed by atoms with Gasteiger partial charge in [0.2, 0.25) is 0 Å². The van der Waals surface area contributed by atoms with Crippen LogP contribution in [0.4, 0.5) is 11.4 Å². The summed E-state index contributed by atoms with van der Waals surface area (Å²) in [5.41, 5.74) is 26.7. The van der Waals surface area contributed by atoms with Crippen LogP contribution in [-0.4, -0.2) is 0 Å². The Hall–Kier alpha value is -2.74. The Morgan fingerprint density at radius 3 is 1.13 bits per heavy atom. The van der Waals surface area contributed by atoms with Crippen molar-refractivity contribution >= 4 is 11.4 Å². The summed E-state index contributed by atoms with van der Waals surface area (Å²) in [6, 6.07) is 13.7. The molecule has 0 radical (unpaired) electrons. The number of rotatable bonds is 4. The van der Waals surface area contributed by atoms with Crippen molar-refractivity contribution in [3.05, 3.63) is 69.8 Å². The maximum atomic E-state index is 6.26. The molecular formula is C28H36N2. The average molecular weight is 401 g/mol. The highest BCUT2D eigenvalue weighted by Crippen LogP contribution is 2.42. The summed E-state index contributed by atoms with van der Waals surface area (Å²) in [4.78, 5) is 0. The Morgan fingerprint density at radius 1 is 0.533 bits per heavy atom. The normalized spacial score (nSPS) is 11.5. The SMILES string of the molecule is Cc1cc(-c2cc(C(C)C)cc(-c3cc(C)c(N)c(C)c3)c2C(C)C)cc(C)c1N. The van der Waals surface area contributed by atoms with Gasteiger partial charge in [0.15, 0.2) is 0 Å². The van der Waals surface area contributed by atoms with Crippen molar-refractivity contribution in [2.45, 2.75) is 67.2 Å². The number of anilines is 2. The first kappa shape index (κ1) is 22.0. The van der Waals surface area contributed by atoms with Gasteiger partial charge in [-0.3, -0.25) is 0 Å². The molecule has 0 aliphatic carbocycles. The van der Waals surface area contributed by atoms with Crippen molar-refractivity contribution in [3.63, 3.8) is 0 Å². The van der Waals surface area contributed by atoms with Crippen molar-refractivity contribution < 1.29 is 0 Å². The lowest BCUT2D eigenvalue weighted by Crippen LogP contribution is -2.03. The highest BCUT2D eigenvalue weighted by atomic mass is 14.6. The molecule has 4 N–H and O–H groups in total. The Labute approximate surface area is 182 Å². The van der Waals surface area contributed by atoms with Crippen molar-refractivity contribution in [1.29, 1.82) is 0 Å². The molecule has 0 saturated carbocycles. The summed E-state index contributed by atoms with van der Waals surface area (Å²) in [5, 5.41) is 0. The van der Waals surface area contributed by atoms with Gasteiger partial charge in [-0.15, -0.1) is 0 Å². The third-order valence-electron chi connectivity index (χ3n) is 6.26. The lowest BCUT2D eigenvalue weighted by atomic mass is 9.81. The molecule has 0 amide bonds. The molecular weight excluding hydrogens is 364 g/mol. The summed E-state index contributed by atoms with van der Waals surface area (Å²) in [7, 11) is 0. The van der Waals surface area contributed by atoms with Gasteiger partial charge >= 0.3 is 0 Å². The maximum absolute atomic E-state index is 6.26. The van der Waals surface area contributed by atoms with Gasteiger partial charge in [-0.25, -0.2) is 0 Å². The van der Waals surface area contributed by atoms with E-state index in [1.165, 1.54) is 33.4 Å². The minimum Gasteiger partial charge on any atom is -0.398 e. The van der Waals surface area contributed by atoms with Crippen LogP contribution in [0.2, 0.25) is 0 Å². The number of aryl methyl sites for hydroxylation is 4. The lowest BCUT2D eigenvalue weighted by molar-refractivity contribution is 0.849. The van der Waals surface area contributed by atoms with Crippen molar-refractivity contribution in [1.82, 2.24) is 0 Å². The van der Waals surface area contributed by atoms with Gasteiger partial charge in [-0.05, 0) is 119 Å². The van der Waals surface area contributed by atoms with Crippen LogP contribution in [0.1, 0.15) is 72.9 Å².